The number of hydrogen-bond acceptors (Lipinski definition) is 4. The van der Waals surface area contributed by atoms with Gasteiger partial charge in [0.2, 0.25) is 0 Å². The molecule has 0 aliphatic carbocycles. The summed E-state index contributed by atoms with van der Waals surface area (Å²) in [7, 11) is 0. The molecule has 1 N–H and O–H groups in total. The van der Waals surface area contributed by atoms with Gasteiger partial charge < -0.3 is 5.32 Å². The van der Waals surface area contributed by atoms with Gasteiger partial charge in [0, 0.05) is 12.0 Å². The number of carbonyl (C=O) groups excluding carboxylic acids is 2. The van der Waals surface area contributed by atoms with E-state index >= 15 is 0 Å². The first kappa shape index (κ1) is 19.0. The lowest BCUT2D eigenvalue weighted by molar-refractivity contribution is -0.131. The molecule has 1 aromatic heterocycles. The Kier molecular flexibility index (Phi) is 5.48. The van der Waals surface area contributed by atoms with E-state index in [1.807, 2.05) is 47.8 Å². The number of hydrazone groups is 1. The van der Waals surface area contributed by atoms with E-state index in [0.717, 1.165) is 22.2 Å². The number of hydrogen-bond donors (Lipinski definition) is 1. The van der Waals surface area contributed by atoms with Crippen LogP contribution in [0.15, 0.2) is 77.2 Å². The van der Waals surface area contributed by atoms with Gasteiger partial charge >= 0.3 is 0 Å². The Bertz CT molecular complexity index is 1050. The number of nitrogens with zero attached hydrogens (tertiary/aromatic N) is 2. The summed E-state index contributed by atoms with van der Waals surface area (Å²) in [6, 6.07) is 18.7. The van der Waals surface area contributed by atoms with Gasteiger partial charge in [-0.25, -0.2) is 9.40 Å². The van der Waals surface area contributed by atoms with Gasteiger partial charge in [-0.2, -0.15) is 5.10 Å². The van der Waals surface area contributed by atoms with Gasteiger partial charge in [-0.1, -0.05) is 42.5 Å². The molecule has 1 aliphatic heterocycles. The fourth-order valence-corrected chi connectivity index (χ4v) is 3.96. The summed E-state index contributed by atoms with van der Waals surface area (Å²) < 4.78 is 13.3. The molecular weight excluding hydrogens is 389 g/mol. The first-order chi connectivity index (χ1) is 14.1. The van der Waals surface area contributed by atoms with Crippen molar-refractivity contribution in [3.8, 4) is 0 Å². The Balaban J connectivity index is 1.51. The number of carbonyl (C=O) groups is 2. The van der Waals surface area contributed by atoms with Crippen LogP contribution in [0.4, 0.5) is 4.39 Å². The molecule has 1 atom stereocenters. The Labute approximate surface area is 171 Å². The molecule has 0 spiro atoms. The number of halogens is 1. The van der Waals surface area contributed by atoms with E-state index in [2.05, 4.69) is 10.4 Å². The quantitative estimate of drug-likeness (QED) is 0.695. The summed E-state index contributed by atoms with van der Waals surface area (Å²) >= 11 is 1.57. The molecule has 0 radical (unpaired) electrons. The van der Waals surface area contributed by atoms with E-state index in [1.54, 1.807) is 11.3 Å². The molecule has 2 heterocycles. The molecule has 29 heavy (non-hydrogen) atoms. The van der Waals surface area contributed by atoms with Gasteiger partial charge in [-0.3, -0.25) is 9.59 Å². The monoisotopic (exact) mass is 407 g/mol. The van der Waals surface area contributed by atoms with Crippen LogP contribution in [0.5, 0.6) is 0 Å². The molecule has 0 bridgehead atoms. The van der Waals surface area contributed by atoms with Crippen molar-refractivity contribution in [1.29, 1.82) is 0 Å². The minimum absolute atomic E-state index is 0.168. The Morgan fingerprint density at radius 3 is 2.66 bits per heavy atom. The van der Waals surface area contributed by atoms with Crippen molar-refractivity contribution in [3.05, 3.63) is 93.9 Å². The zero-order chi connectivity index (χ0) is 20.2. The van der Waals surface area contributed by atoms with Crippen molar-refractivity contribution in [1.82, 2.24) is 10.3 Å². The highest BCUT2D eigenvalue weighted by atomic mass is 32.1. The van der Waals surface area contributed by atoms with Gasteiger partial charge in [0.05, 0.1) is 23.2 Å². The van der Waals surface area contributed by atoms with Crippen molar-refractivity contribution >= 4 is 28.9 Å². The standard InChI is InChI=1S/C22H18FN3O2S/c23-17-9-4-8-16(12-17)22(28)24-14-21(27)26-19(15-6-2-1-3-7-15)13-18(25-26)20-10-5-11-29-20/h1-12,19H,13-14H2,(H,24,28)/t19-/m1/s1. The van der Waals surface area contributed by atoms with Crippen molar-refractivity contribution in [2.45, 2.75) is 12.5 Å². The molecule has 2 aromatic carbocycles. The van der Waals surface area contributed by atoms with Gasteiger partial charge in [0.25, 0.3) is 11.8 Å². The van der Waals surface area contributed by atoms with Crippen LogP contribution in [0.1, 0.15) is 33.3 Å². The highest BCUT2D eigenvalue weighted by molar-refractivity contribution is 7.12. The summed E-state index contributed by atoms with van der Waals surface area (Å²) in [4.78, 5) is 26.1. The third-order valence-corrected chi connectivity index (χ3v) is 5.56. The average Bonchev–Trinajstić information content (AvgIpc) is 3.42. The minimum Gasteiger partial charge on any atom is -0.343 e. The SMILES string of the molecule is O=C(NCC(=O)N1N=C(c2cccs2)C[C@@H]1c1ccccc1)c1cccc(F)c1. The van der Waals surface area contributed by atoms with Crippen LogP contribution in [0, 0.1) is 5.82 Å². The molecule has 146 valence electrons. The Morgan fingerprint density at radius 1 is 1.10 bits per heavy atom. The largest absolute Gasteiger partial charge is 0.343 e. The predicted molar refractivity (Wildman–Crippen MR) is 110 cm³/mol. The zero-order valence-electron chi connectivity index (χ0n) is 15.4. The van der Waals surface area contributed by atoms with Crippen LogP contribution >= 0.6 is 11.3 Å². The van der Waals surface area contributed by atoms with E-state index in [0.29, 0.717) is 6.42 Å². The van der Waals surface area contributed by atoms with Crippen molar-refractivity contribution in [2.75, 3.05) is 6.54 Å². The molecule has 1 aliphatic rings. The van der Waals surface area contributed by atoms with Gasteiger partial charge in [0.15, 0.2) is 0 Å². The molecule has 3 aromatic rings. The third kappa shape index (κ3) is 4.25. The van der Waals surface area contributed by atoms with E-state index in [-0.39, 0.29) is 24.1 Å². The topological polar surface area (TPSA) is 61.8 Å². The lowest BCUT2D eigenvalue weighted by Crippen LogP contribution is -2.38. The van der Waals surface area contributed by atoms with Gasteiger partial charge in [-0.15, -0.1) is 11.3 Å². The summed E-state index contributed by atoms with van der Waals surface area (Å²) in [6.07, 6.45) is 0.605. The smallest absolute Gasteiger partial charge is 0.262 e. The highest BCUT2D eigenvalue weighted by Crippen LogP contribution is 2.33. The molecule has 5 nitrogen and oxygen atoms in total. The van der Waals surface area contributed by atoms with Crippen LogP contribution < -0.4 is 5.32 Å². The second-order valence-corrected chi connectivity index (χ2v) is 7.53. The average molecular weight is 407 g/mol. The molecule has 0 unspecified atom stereocenters. The molecule has 2 amide bonds. The van der Waals surface area contributed by atoms with Gasteiger partial charge in [-0.05, 0) is 35.2 Å². The first-order valence-corrected chi connectivity index (χ1v) is 10.0. The van der Waals surface area contributed by atoms with Crippen LogP contribution in [-0.4, -0.2) is 29.1 Å². The second-order valence-electron chi connectivity index (χ2n) is 6.59. The third-order valence-electron chi connectivity index (χ3n) is 4.64. The van der Waals surface area contributed by atoms with Crippen LogP contribution in [-0.2, 0) is 4.79 Å². The van der Waals surface area contributed by atoms with E-state index < -0.39 is 11.7 Å². The van der Waals surface area contributed by atoms with E-state index in [4.69, 9.17) is 0 Å². The van der Waals surface area contributed by atoms with Crippen LogP contribution in [0.3, 0.4) is 0 Å². The van der Waals surface area contributed by atoms with Crippen molar-refractivity contribution in [3.63, 3.8) is 0 Å². The van der Waals surface area contributed by atoms with E-state index in [1.165, 1.54) is 23.2 Å². The fourth-order valence-electron chi connectivity index (χ4n) is 3.24. The number of benzene rings is 2. The Hall–Kier alpha value is -3.32. The Morgan fingerprint density at radius 2 is 1.93 bits per heavy atom. The maximum Gasteiger partial charge on any atom is 0.262 e. The van der Waals surface area contributed by atoms with Gasteiger partial charge in [0.1, 0.15) is 5.82 Å². The molecule has 0 fully saturated rings. The maximum atomic E-state index is 13.3. The molecule has 4 rings (SSSR count). The lowest BCUT2D eigenvalue weighted by atomic mass is 10.0. The lowest BCUT2D eigenvalue weighted by Gasteiger charge is -2.22. The molecule has 7 heteroatoms. The second kappa shape index (κ2) is 8.36. The summed E-state index contributed by atoms with van der Waals surface area (Å²) in [5.41, 5.74) is 1.99. The number of amides is 2. The van der Waals surface area contributed by atoms with Crippen LogP contribution in [0.2, 0.25) is 0 Å². The van der Waals surface area contributed by atoms with E-state index in [9.17, 15) is 14.0 Å². The molecule has 0 saturated heterocycles. The summed E-state index contributed by atoms with van der Waals surface area (Å²) in [6.45, 7) is -0.222. The molecule has 0 saturated carbocycles. The zero-order valence-corrected chi connectivity index (χ0v) is 16.2. The normalized spacial score (nSPS) is 15.8. The fraction of sp³-hybridized carbons (Fsp3) is 0.136. The van der Waals surface area contributed by atoms with Crippen molar-refractivity contribution < 1.29 is 14.0 Å². The number of nitrogens with one attached hydrogen (secondary N) is 1. The number of rotatable bonds is 5. The molecular formula is C22H18FN3O2S. The summed E-state index contributed by atoms with van der Waals surface area (Å²) in [5, 5.41) is 10.5. The predicted octanol–water partition coefficient (Wildman–Crippen LogP) is 3.99. The highest BCUT2D eigenvalue weighted by Gasteiger charge is 2.33. The summed E-state index contributed by atoms with van der Waals surface area (Å²) in [5.74, 6) is -1.33. The first-order valence-electron chi connectivity index (χ1n) is 9.14. The number of thiophene rings is 1. The maximum absolute atomic E-state index is 13.3. The van der Waals surface area contributed by atoms with Crippen LogP contribution in [0.25, 0.3) is 0 Å². The van der Waals surface area contributed by atoms with Crippen molar-refractivity contribution in [2.24, 2.45) is 5.10 Å². The minimum atomic E-state index is -0.504.